The van der Waals surface area contributed by atoms with Crippen LogP contribution in [0.3, 0.4) is 0 Å². The highest BCUT2D eigenvalue weighted by Crippen LogP contribution is 2.37. The first-order valence-corrected chi connectivity index (χ1v) is 8.47. The Hall–Kier alpha value is -2.54. The standard InChI is InChI=1S/C19H18ClF3N2O2/c1-12-3-5-14(6-4-12)24-18(27)9-10-25(13(2)26)15-7-8-17(20)16(11-15)19(21,22)23/h3-8,11H,9-10H2,1-2H3,(H,24,27). The van der Waals surface area contributed by atoms with Crippen molar-refractivity contribution in [2.45, 2.75) is 26.4 Å². The number of anilines is 2. The molecule has 2 rings (SSSR count). The van der Waals surface area contributed by atoms with Gasteiger partial charge in [0.25, 0.3) is 0 Å². The second-order valence-corrected chi connectivity index (χ2v) is 6.40. The smallest absolute Gasteiger partial charge is 0.326 e. The highest BCUT2D eigenvalue weighted by Gasteiger charge is 2.34. The SMILES string of the molecule is CC(=O)N(CCC(=O)Nc1ccc(C)cc1)c1ccc(Cl)c(C(F)(F)F)c1. The molecule has 0 spiro atoms. The number of rotatable bonds is 5. The second-order valence-electron chi connectivity index (χ2n) is 6.00. The number of hydrogen-bond acceptors (Lipinski definition) is 2. The summed E-state index contributed by atoms with van der Waals surface area (Å²) in [7, 11) is 0. The molecule has 0 aliphatic rings. The molecule has 2 amide bonds. The summed E-state index contributed by atoms with van der Waals surface area (Å²) in [6, 6.07) is 10.4. The number of carbonyl (C=O) groups is 2. The second kappa shape index (κ2) is 8.43. The van der Waals surface area contributed by atoms with Crippen molar-refractivity contribution in [3.8, 4) is 0 Å². The summed E-state index contributed by atoms with van der Waals surface area (Å²) >= 11 is 5.61. The van der Waals surface area contributed by atoms with Gasteiger partial charge in [-0.05, 0) is 37.3 Å². The molecule has 1 N–H and O–H groups in total. The third kappa shape index (κ3) is 5.72. The van der Waals surface area contributed by atoms with E-state index in [1.807, 2.05) is 19.1 Å². The number of nitrogens with one attached hydrogen (secondary N) is 1. The quantitative estimate of drug-likeness (QED) is 0.766. The summed E-state index contributed by atoms with van der Waals surface area (Å²) in [5.41, 5.74) is 0.643. The van der Waals surface area contributed by atoms with Crippen LogP contribution in [0, 0.1) is 6.92 Å². The van der Waals surface area contributed by atoms with Gasteiger partial charge in [-0.25, -0.2) is 0 Å². The Morgan fingerprint density at radius 3 is 2.30 bits per heavy atom. The Balaban J connectivity index is 2.11. The lowest BCUT2D eigenvalue weighted by atomic mass is 10.1. The van der Waals surface area contributed by atoms with E-state index in [-0.39, 0.29) is 24.6 Å². The molecule has 2 aromatic rings. The van der Waals surface area contributed by atoms with Crippen LogP contribution in [-0.4, -0.2) is 18.4 Å². The van der Waals surface area contributed by atoms with E-state index in [9.17, 15) is 22.8 Å². The Bertz CT molecular complexity index is 836. The van der Waals surface area contributed by atoms with E-state index in [0.29, 0.717) is 5.69 Å². The molecule has 0 atom stereocenters. The fraction of sp³-hybridized carbons (Fsp3) is 0.263. The molecule has 144 valence electrons. The molecule has 0 heterocycles. The summed E-state index contributed by atoms with van der Waals surface area (Å²) in [4.78, 5) is 25.1. The summed E-state index contributed by atoms with van der Waals surface area (Å²) in [6.45, 7) is 3.07. The van der Waals surface area contributed by atoms with Gasteiger partial charge >= 0.3 is 6.18 Å². The lowest BCUT2D eigenvalue weighted by Crippen LogP contribution is -2.32. The van der Waals surface area contributed by atoms with Crippen molar-refractivity contribution in [3.05, 3.63) is 58.6 Å². The van der Waals surface area contributed by atoms with Crippen LogP contribution in [0.15, 0.2) is 42.5 Å². The maximum atomic E-state index is 13.0. The molecule has 0 aliphatic carbocycles. The lowest BCUT2D eigenvalue weighted by molar-refractivity contribution is -0.137. The number of aryl methyl sites for hydroxylation is 1. The maximum absolute atomic E-state index is 13.0. The van der Waals surface area contributed by atoms with Crippen molar-refractivity contribution in [3.63, 3.8) is 0 Å². The Kier molecular flexibility index (Phi) is 6.49. The van der Waals surface area contributed by atoms with E-state index in [1.165, 1.54) is 13.0 Å². The highest BCUT2D eigenvalue weighted by atomic mass is 35.5. The van der Waals surface area contributed by atoms with Gasteiger partial charge in [-0.1, -0.05) is 29.3 Å². The normalized spacial score (nSPS) is 11.2. The van der Waals surface area contributed by atoms with Crippen molar-refractivity contribution in [2.75, 3.05) is 16.8 Å². The number of hydrogen-bond donors (Lipinski definition) is 1. The number of benzene rings is 2. The minimum Gasteiger partial charge on any atom is -0.326 e. The average molecular weight is 399 g/mol. The van der Waals surface area contributed by atoms with Gasteiger partial charge in [-0.2, -0.15) is 13.2 Å². The van der Waals surface area contributed by atoms with Crippen molar-refractivity contribution < 1.29 is 22.8 Å². The van der Waals surface area contributed by atoms with E-state index in [0.717, 1.165) is 22.6 Å². The number of nitrogens with zero attached hydrogens (tertiary/aromatic N) is 1. The summed E-state index contributed by atoms with van der Waals surface area (Å²) in [6.07, 6.45) is -4.71. The molecule has 0 aliphatic heterocycles. The molecule has 2 aromatic carbocycles. The molecule has 0 unspecified atom stereocenters. The van der Waals surface area contributed by atoms with Crippen LogP contribution in [0.2, 0.25) is 5.02 Å². The zero-order valence-electron chi connectivity index (χ0n) is 14.7. The fourth-order valence-corrected chi connectivity index (χ4v) is 2.67. The van der Waals surface area contributed by atoms with Crippen molar-refractivity contribution in [2.24, 2.45) is 0 Å². The van der Waals surface area contributed by atoms with Crippen molar-refractivity contribution in [1.82, 2.24) is 0 Å². The first kappa shape index (κ1) is 20.8. The van der Waals surface area contributed by atoms with Crippen molar-refractivity contribution in [1.29, 1.82) is 0 Å². The molecular formula is C19H18ClF3N2O2. The molecular weight excluding hydrogens is 381 g/mol. The zero-order valence-corrected chi connectivity index (χ0v) is 15.5. The number of carbonyl (C=O) groups excluding carboxylic acids is 2. The molecule has 0 bridgehead atoms. The number of amides is 2. The Labute approximate surface area is 159 Å². The maximum Gasteiger partial charge on any atom is 0.417 e. The molecule has 0 saturated carbocycles. The Morgan fingerprint density at radius 1 is 1.11 bits per heavy atom. The van der Waals surface area contributed by atoms with Crippen LogP contribution in [0.5, 0.6) is 0 Å². The third-order valence-corrected chi connectivity index (χ3v) is 4.17. The topological polar surface area (TPSA) is 49.4 Å². The molecule has 0 radical (unpaired) electrons. The summed E-state index contributed by atoms with van der Waals surface area (Å²) in [5.74, 6) is -0.830. The lowest BCUT2D eigenvalue weighted by Gasteiger charge is -2.22. The van der Waals surface area contributed by atoms with Crippen LogP contribution < -0.4 is 10.2 Å². The van der Waals surface area contributed by atoms with E-state index in [1.54, 1.807) is 12.1 Å². The molecule has 0 saturated heterocycles. The van der Waals surface area contributed by atoms with Gasteiger partial charge in [0, 0.05) is 31.3 Å². The zero-order chi connectivity index (χ0) is 20.2. The van der Waals surface area contributed by atoms with Crippen LogP contribution in [-0.2, 0) is 15.8 Å². The molecule has 27 heavy (non-hydrogen) atoms. The summed E-state index contributed by atoms with van der Waals surface area (Å²) < 4.78 is 39.1. The molecule has 0 fully saturated rings. The van der Waals surface area contributed by atoms with Gasteiger partial charge in [-0.3, -0.25) is 9.59 Å². The largest absolute Gasteiger partial charge is 0.417 e. The van der Waals surface area contributed by atoms with Crippen LogP contribution >= 0.6 is 11.6 Å². The predicted octanol–water partition coefficient (Wildman–Crippen LogP) is 5.05. The third-order valence-electron chi connectivity index (χ3n) is 3.84. The average Bonchev–Trinajstić information content (AvgIpc) is 2.57. The monoisotopic (exact) mass is 398 g/mol. The summed E-state index contributed by atoms with van der Waals surface area (Å²) in [5, 5.41) is 2.23. The molecule has 8 heteroatoms. The van der Waals surface area contributed by atoms with E-state index < -0.39 is 22.7 Å². The van der Waals surface area contributed by atoms with Gasteiger partial charge in [0.05, 0.1) is 10.6 Å². The van der Waals surface area contributed by atoms with Gasteiger partial charge in [-0.15, -0.1) is 0 Å². The number of alkyl halides is 3. The highest BCUT2D eigenvalue weighted by molar-refractivity contribution is 6.31. The van der Waals surface area contributed by atoms with Crippen LogP contribution in [0.1, 0.15) is 24.5 Å². The minimum atomic E-state index is -4.64. The predicted molar refractivity (Wildman–Crippen MR) is 98.9 cm³/mol. The van der Waals surface area contributed by atoms with E-state index in [4.69, 9.17) is 11.6 Å². The molecule has 4 nitrogen and oxygen atoms in total. The van der Waals surface area contributed by atoms with E-state index in [2.05, 4.69) is 5.32 Å². The van der Waals surface area contributed by atoms with E-state index >= 15 is 0 Å². The van der Waals surface area contributed by atoms with Gasteiger partial charge in [0.2, 0.25) is 11.8 Å². The Morgan fingerprint density at radius 2 is 1.74 bits per heavy atom. The molecule has 0 aromatic heterocycles. The van der Waals surface area contributed by atoms with Crippen LogP contribution in [0.4, 0.5) is 24.5 Å². The van der Waals surface area contributed by atoms with Gasteiger partial charge in [0.1, 0.15) is 0 Å². The van der Waals surface area contributed by atoms with Gasteiger partial charge in [0.15, 0.2) is 0 Å². The fourth-order valence-electron chi connectivity index (χ4n) is 2.44. The van der Waals surface area contributed by atoms with Gasteiger partial charge < -0.3 is 10.2 Å². The minimum absolute atomic E-state index is 0.0300. The first-order chi connectivity index (χ1) is 12.6. The van der Waals surface area contributed by atoms with Crippen molar-refractivity contribution >= 4 is 34.8 Å². The van der Waals surface area contributed by atoms with Crippen LogP contribution in [0.25, 0.3) is 0 Å². The first-order valence-electron chi connectivity index (χ1n) is 8.09. The number of halogens is 4.